The maximum Gasteiger partial charge on any atom is 0.234 e. The monoisotopic (exact) mass is 257 g/mol. The molecule has 1 aliphatic rings. The van der Waals surface area contributed by atoms with Gasteiger partial charge in [-0.1, -0.05) is 6.92 Å². The van der Waals surface area contributed by atoms with E-state index in [-0.39, 0.29) is 11.9 Å². The maximum atomic E-state index is 11.2. The van der Waals surface area contributed by atoms with Gasteiger partial charge in [-0.05, 0) is 39.3 Å². The van der Waals surface area contributed by atoms with Gasteiger partial charge in [-0.25, -0.2) is 0 Å². The zero-order chi connectivity index (χ0) is 13.4. The minimum atomic E-state index is -0.254. The number of ether oxygens (including phenoxy) is 1. The van der Waals surface area contributed by atoms with E-state index in [2.05, 4.69) is 10.2 Å². The van der Waals surface area contributed by atoms with Crippen molar-refractivity contribution in [1.82, 2.24) is 10.2 Å². The molecule has 0 bridgehead atoms. The summed E-state index contributed by atoms with van der Waals surface area (Å²) in [4.78, 5) is 13.6. The molecule has 0 saturated carbocycles. The van der Waals surface area contributed by atoms with Crippen LogP contribution in [0.3, 0.4) is 0 Å². The fourth-order valence-corrected chi connectivity index (χ4v) is 2.49. The molecule has 2 unspecified atom stereocenters. The second-order valence-corrected chi connectivity index (χ2v) is 4.82. The Hall–Kier alpha value is -0.650. The molecule has 106 valence electrons. The van der Waals surface area contributed by atoms with Crippen LogP contribution in [0.5, 0.6) is 0 Å². The molecule has 0 aromatic carbocycles. The quantitative estimate of drug-likeness (QED) is 0.658. The van der Waals surface area contributed by atoms with Gasteiger partial charge in [-0.2, -0.15) is 0 Å². The Kier molecular flexibility index (Phi) is 7.23. The molecular formula is C13H27N3O2. The number of piperidine rings is 1. The smallest absolute Gasteiger partial charge is 0.234 e. The molecule has 1 fully saturated rings. The molecule has 2 atom stereocenters. The number of carbonyl (C=O) groups is 1. The summed E-state index contributed by atoms with van der Waals surface area (Å²) in [6.07, 6.45) is 3.46. The molecule has 0 spiro atoms. The number of nitrogens with one attached hydrogen (secondary N) is 1. The Balaban J connectivity index is 2.30. The van der Waals surface area contributed by atoms with Gasteiger partial charge in [0.1, 0.15) is 0 Å². The van der Waals surface area contributed by atoms with Gasteiger partial charge in [-0.3, -0.25) is 4.79 Å². The molecule has 0 radical (unpaired) electrons. The highest BCUT2D eigenvalue weighted by molar-refractivity contribution is 5.79. The topological polar surface area (TPSA) is 67.6 Å². The zero-order valence-electron chi connectivity index (χ0n) is 11.7. The number of rotatable bonds is 8. The summed E-state index contributed by atoms with van der Waals surface area (Å²) in [5, 5.41) is 3.13. The van der Waals surface area contributed by atoms with E-state index >= 15 is 0 Å². The first-order valence-corrected chi connectivity index (χ1v) is 7.04. The molecule has 5 heteroatoms. The molecule has 5 nitrogen and oxygen atoms in total. The van der Waals surface area contributed by atoms with Crippen LogP contribution in [0.1, 0.15) is 33.1 Å². The summed E-state index contributed by atoms with van der Waals surface area (Å²) >= 11 is 0. The van der Waals surface area contributed by atoms with Crippen LogP contribution < -0.4 is 11.1 Å². The normalized spacial score (nSPS) is 22.9. The second-order valence-electron chi connectivity index (χ2n) is 4.82. The predicted molar refractivity (Wildman–Crippen MR) is 72.4 cm³/mol. The first kappa shape index (κ1) is 15.4. The van der Waals surface area contributed by atoms with Gasteiger partial charge in [0.15, 0.2) is 0 Å². The Morgan fingerprint density at radius 3 is 2.94 bits per heavy atom. The van der Waals surface area contributed by atoms with E-state index in [1.807, 2.05) is 13.8 Å². The van der Waals surface area contributed by atoms with Crippen LogP contribution >= 0.6 is 0 Å². The highest BCUT2D eigenvalue weighted by Gasteiger charge is 2.21. The van der Waals surface area contributed by atoms with Crippen LogP contribution in [0.25, 0.3) is 0 Å². The zero-order valence-corrected chi connectivity index (χ0v) is 11.7. The number of nitrogens with zero attached hydrogens (tertiary/aromatic N) is 1. The van der Waals surface area contributed by atoms with E-state index in [0.29, 0.717) is 6.10 Å². The van der Waals surface area contributed by atoms with Crippen LogP contribution in [0, 0.1) is 0 Å². The van der Waals surface area contributed by atoms with Crippen molar-refractivity contribution in [2.24, 2.45) is 5.73 Å². The van der Waals surface area contributed by atoms with Crippen molar-refractivity contribution in [2.75, 3.05) is 32.8 Å². The highest BCUT2D eigenvalue weighted by Crippen LogP contribution is 2.13. The number of nitrogens with two attached hydrogens (primary N) is 1. The van der Waals surface area contributed by atoms with Crippen molar-refractivity contribution in [2.45, 2.75) is 45.3 Å². The Labute approximate surface area is 110 Å². The van der Waals surface area contributed by atoms with Crippen molar-refractivity contribution in [3.8, 4) is 0 Å². The van der Waals surface area contributed by atoms with Crippen LogP contribution in [0.15, 0.2) is 0 Å². The third-order valence-corrected chi connectivity index (χ3v) is 3.39. The van der Waals surface area contributed by atoms with E-state index < -0.39 is 0 Å². The average Bonchev–Trinajstić information content (AvgIpc) is 2.35. The number of carbonyl (C=O) groups excluding carboxylic acids is 1. The molecule has 0 aliphatic carbocycles. The van der Waals surface area contributed by atoms with Gasteiger partial charge in [0.25, 0.3) is 0 Å². The molecule has 0 aromatic rings. The lowest BCUT2D eigenvalue weighted by atomic mass is 10.1. The van der Waals surface area contributed by atoms with Crippen LogP contribution in [0.2, 0.25) is 0 Å². The first-order chi connectivity index (χ1) is 8.67. The number of likely N-dealkylation sites (N-methyl/N-ethyl adjacent to an activating group) is 1. The lowest BCUT2D eigenvalue weighted by Crippen LogP contribution is -2.46. The average molecular weight is 257 g/mol. The standard InChI is InChI=1S/C13H27N3O2/c1-3-15-12(13(14)17)7-9-16-8-5-6-11(10-16)18-4-2/h11-12,15H,3-10H2,1-2H3,(H2,14,17). The Bertz CT molecular complexity index is 246. The minimum Gasteiger partial charge on any atom is -0.377 e. The van der Waals surface area contributed by atoms with Crippen molar-refractivity contribution < 1.29 is 9.53 Å². The molecule has 1 amide bonds. The summed E-state index contributed by atoms with van der Waals surface area (Å²) in [5.74, 6) is -0.254. The van der Waals surface area contributed by atoms with Crippen molar-refractivity contribution >= 4 is 5.91 Å². The molecule has 1 aliphatic heterocycles. The van der Waals surface area contributed by atoms with Crippen molar-refractivity contribution in [3.63, 3.8) is 0 Å². The lowest BCUT2D eigenvalue weighted by Gasteiger charge is -2.33. The van der Waals surface area contributed by atoms with Gasteiger partial charge in [0.05, 0.1) is 12.1 Å². The van der Waals surface area contributed by atoms with Crippen LogP contribution in [0.4, 0.5) is 0 Å². The van der Waals surface area contributed by atoms with E-state index in [1.54, 1.807) is 0 Å². The summed E-state index contributed by atoms with van der Waals surface area (Å²) in [5.41, 5.74) is 5.37. The van der Waals surface area contributed by atoms with Crippen LogP contribution in [-0.4, -0.2) is 55.7 Å². The van der Waals surface area contributed by atoms with Gasteiger partial charge < -0.3 is 20.7 Å². The maximum absolute atomic E-state index is 11.2. The molecule has 1 saturated heterocycles. The van der Waals surface area contributed by atoms with Gasteiger partial charge in [0, 0.05) is 19.7 Å². The number of hydrogen-bond donors (Lipinski definition) is 2. The number of likely N-dealkylation sites (tertiary alicyclic amines) is 1. The number of primary amides is 1. The second kappa shape index (κ2) is 8.45. The number of hydrogen-bond acceptors (Lipinski definition) is 4. The van der Waals surface area contributed by atoms with Gasteiger partial charge >= 0.3 is 0 Å². The fraction of sp³-hybridized carbons (Fsp3) is 0.923. The molecule has 0 aromatic heterocycles. The number of amides is 1. The highest BCUT2D eigenvalue weighted by atomic mass is 16.5. The van der Waals surface area contributed by atoms with Crippen molar-refractivity contribution in [1.29, 1.82) is 0 Å². The van der Waals surface area contributed by atoms with Gasteiger partial charge in [0.2, 0.25) is 5.91 Å². The Morgan fingerprint density at radius 1 is 1.56 bits per heavy atom. The van der Waals surface area contributed by atoms with E-state index in [9.17, 15) is 4.79 Å². The largest absolute Gasteiger partial charge is 0.377 e. The molecule has 3 N–H and O–H groups in total. The van der Waals surface area contributed by atoms with Gasteiger partial charge in [-0.15, -0.1) is 0 Å². The molecule has 1 heterocycles. The van der Waals surface area contributed by atoms with E-state index in [0.717, 1.165) is 45.6 Å². The summed E-state index contributed by atoms with van der Waals surface area (Å²) in [6, 6.07) is -0.206. The van der Waals surface area contributed by atoms with Crippen LogP contribution in [-0.2, 0) is 9.53 Å². The van der Waals surface area contributed by atoms with E-state index in [1.165, 1.54) is 6.42 Å². The van der Waals surface area contributed by atoms with Crippen molar-refractivity contribution in [3.05, 3.63) is 0 Å². The first-order valence-electron chi connectivity index (χ1n) is 7.04. The molecular weight excluding hydrogens is 230 g/mol. The predicted octanol–water partition coefficient (Wildman–Crippen LogP) is 0.341. The minimum absolute atomic E-state index is 0.206. The SMILES string of the molecule is CCNC(CCN1CCCC(OCC)C1)C(N)=O. The lowest BCUT2D eigenvalue weighted by molar-refractivity contribution is -0.120. The summed E-state index contributed by atoms with van der Waals surface area (Å²) < 4.78 is 5.67. The molecule has 18 heavy (non-hydrogen) atoms. The third-order valence-electron chi connectivity index (χ3n) is 3.39. The Morgan fingerprint density at radius 2 is 2.33 bits per heavy atom. The van der Waals surface area contributed by atoms with E-state index in [4.69, 9.17) is 10.5 Å². The summed E-state index contributed by atoms with van der Waals surface area (Å²) in [6.45, 7) is 8.56. The summed E-state index contributed by atoms with van der Waals surface area (Å²) in [7, 11) is 0. The molecule has 1 rings (SSSR count). The third kappa shape index (κ3) is 5.33. The fourth-order valence-electron chi connectivity index (χ4n) is 2.49.